The van der Waals surface area contributed by atoms with Crippen LogP contribution in [0.25, 0.3) is 6.08 Å². The molecule has 0 aliphatic heterocycles. The van der Waals surface area contributed by atoms with E-state index in [1.807, 2.05) is 30.3 Å². The Morgan fingerprint density at radius 1 is 1.07 bits per heavy atom. The minimum absolute atomic E-state index is 0.151. The van der Waals surface area contributed by atoms with Crippen molar-refractivity contribution < 1.29 is 19.0 Å². The van der Waals surface area contributed by atoms with E-state index in [1.54, 1.807) is 24.3 Å². The van der Waals surface area contributed by atoms with E-state index in [4.69, 9.17) is 4.74 Å². The number of halogens is 1. The Labute approximate surface area is 169 Å². The summed E-state index contributed by atoms with van der Waals surface area (Å²) < 4.78 is 18.3. The molecule has 0 atom stereocenters. The van der Waals surface area contributed by atoms with Crippen molar-refractivity contribution in [3.8, 4) is 11.5 Å². The highest BCUT2D eigenvalue weighted by molar-refractivity contribution is 6.08. The van der Waals surface area contributed by atoms with Gasteiger partial charge >= 0.3 is 0 Å². The first kappa shape index (κ1) is 20.3. The zero-order chi connectivity index (χ0) is 20.6. The molecule has 4 nitrogen and oxygen atoms in total. The first-order chi connectivity index (χ1) is 14.1. The molecule has 0 heterocycles. The number of aromatic hydroxyl groups is 1. The zero-order valence-electron chi connectivity index (χ0n) is 16.1. The number of phenols is 1. The van der Waals surface area contributed by atoms with Crippen LogP contribution in [0.4, 0.5) is 4.39 Å². The van der Waals surface area contributed by atoms with E-state index in [9.17, 15) is 14.3 Å². The molecule has 2 N–H and O–H groups in total. The van der Waals surface area contributed by atoms with Gasteiger partial charge in [0.2, 0.25) is 0 Å². The molecular weight excluding hydrogens is 369 g/mol. The molecule has 0 bridgehead atoms. The van der Waals surface area contributed by atoms with Crippen molar-refractivity contribution in [3.05, 3.63) is 101 Å². The molecule has 0 aliphatic carbocycles. The lowest BCUT2D eigenvalue weighted by molar-refractivity contribution is 0.104. The monoisotopic (exact) mass is 391 g/mol. The SMILES string of the molecule is COc1cc(O)c(C(=O)/C=C/c2ccc(F)cc2)cc1CNCc1ccccc1. The van der Waals surface area contributed by atoms with Crippen LogP contribution in [-0.4, -0.2) is 18.0 Å². The zero-order valence-corrected chi connectivity index (χ0v) is 16.1. The van der Waals surface area contributed by atoms with Crippen molar-refractivity contribution in [2.45, 2.75) is 13.1 Å². The highest BCUT2D eigenvalue weighted by Crippen LogP contribution is 2.29. The Balaban J connectivity index is 1.75. The third-order valence-electron chi connectivity index (χ3n) is 4.45. The minimum atomic E-state index is -0.348. The van der Waals surface area contributed by atoms with Crippen molar-refractivity contribution >= 4 is 11.9 Å². The van der Waals surface area contributed by atoms with Crippen LogP contribution >= 0.6 is 0 Å². The predicted octanol–water partition coefficient (Wildman–Crippen LogP) is 4.73. The maximum absolute atomic E-state index is 13.0. The number of hydrogen-bond acceptors (Lipinski definition) is 4. The summed E-state index contributed by atoms with van der Waals surface area (Å²) in [6.45, 7) is 1.14. The lowest BCUT2D eigenvalue weighted by Crippen LogP contribution is -2.14. The Morgan fingerprint density at radius 3 is 2.48 bits per heavy atom. The Morgan fingerprint density at radius 2 is 1.79 bits per heavy atom. The predicted molar refractivity (Wildman–Crippen MR) is 111 cm³/mol. The van der Waals surface area contributed by atoms with Gasteiger partial charge in [0.25, 0.3) is 0 Å². The van der Waals surface area contributed by atoms with Gasteiger partial charge in [-0.05, 0) is 35.4 Å². The molecule has 0 unspecified atom stereocenters. The summed E-state index contributed by atoms with van der Waals surface area (Å²) in [6.07, 6.45) is 2.94. The van der Waals surface area contributed by atoms with E-state index in [2.05, 4.69) is 5.32 Å². The average molecular weight is 391 g/mol. The molecule has 0 radical (unpaired) electrons. The minimum Gasteiger partial charge on any atom is -0.507 e. The van der Waals surface area contributed by atoms with Gasteiger partial charge < -0.3 is 15.2 Å². The van der Waals surface area contributed by atoms with Gasteiger partial charge in [-0.3, -0.25) is 4.79 Å². The second kappa shape index (κ2) is 9.66. The van der Waals surface area contributed by atoms with E-state index in [1.165, 1.54) is 31.4 Å². The first-order valence-electron chi connectivity index (χ1n) is 9.19. The average Bonchev–Trinajstić information content (AvgIpc) is 2.74. The number of benzene rings is 3. The van der Waals surface area contributed by atoms with Crippen LogP contribution in [0.1, 0.15) is 27.0 Å². The molecule has 148 valence electrons. The van der Waals surface area contributed by atoms with Crippen LogP contribution in [0.5, 0.6) is 11.5 Å². The smallest absolute Gasteiger partial charge is 0.189 e. The normalized spacial score (nSPS) is 11.0. The molecule has 0 fully saturated rings. The summed E-state index contributed by atoms with van der Waals surface area (Å²) in [5.74, 6) is -0.336. The van der Waals surface area contributed by atoms with Crippen molar-refractivity contribution in [1.29, 1.82) is 0 Å². The fourth-order valence-corrected chi connectivity index (χ4v) is 2.91. The largest absolute Gasteiger partial charge is 0.507 e. The third-order valence-corrected chi connectivity index (χ3v) is 4.45. The van der Waals surface area contributed by atoms with Crippen molar-refractivity contribution in [1.82, 2.24) is 5.32 Å². The van der Waals surface area contributed by atoms with Gasteiger partial charge in [0.05, 0.1) is 12.7 Å². The number of ketones is 1. The second-order valence-electron chi connectivity index (χ2n) is 6.52. The second-order valence-corrected chi connectivity index (χ2v) is 6.52. The molecular formula is C24H22FNO3. The Kier molecular flexibility index (Phi) is 6.76. The number of phenolic OH excluding ortho intramolecular Hbond substituents is 1. The maximum atomic E-state index is 13.0. The van der Waals surface area contributed by atoms with Gasteiger partial charge in [0, 0.05) is 24.7 Å². The van der Waals surface area contributed by atoms with Gasteiger partial charge in [-0.15, -0.1) is 0 Å². The van der Waals surface area contributed by atoms with Crippen LogP contribution in [0.3, 0.4) is 0 Å². The number of carbonyl (C=O) groups is 1. The number of methoxy groups -OCH3 is 1. The quantitative estimate of drug-likeness (QED) is 0.431. The molecule has 0 aromatic heterocycles. The van der Waals surface area contributed by atoms with Gasteiger partial charge in [-0.25, -0.2) is 4.39 Å². The summed E-state index contributed by atoms with van der Waals surface area (Å²) in [7, 11) is 1.52. The third kappa shape index (κ3) is 5.53. The number of hydrogen-bond donors (Lipinski definition) is 2. The van der Waals surface area contributed by atoms with Gasteiger partial charge in [0.1, 0.15) is 17.3 Å². The van der Waals surface area contributed by atoms with Crippen LogP contribution in [0.15, 0.2) is 72.8 Å². The maximum Gasteiger partial charge on any atom is 0.189 e. The number of nitrogens with one attached hydrogen (secondary N) is 1. The summed E-state index contributed by atoms with van der Waals surface area (Å²) in [4.78, 5) is 12.6. The molecule has 3 aromatic rings. The standard InChI is InChI=1S/C24H22FNO3/c1-29-24-14-23(28)21(22(27)12-9-17-7-10-20(25)11-8-17)13-19(24)16-26-15-18-5-3-2-4-6-18/h2-14,26,28H,15-16H2,1H3/b12-9+. The Hall–Kier alpha value is -3.44. The van der Waals surface area contributed by atoms with E-state index in [0.29, 0.717) is 24.4 Å². The number of allylic oxidation sites excluding steroid dienone is 1. The molecule has 0 saturated carbocycles. The van der Waals surface area contributed by atoms with E-state index in [0.717, 1.165) is 11.1 Å². The van der Waals surface area contributed by atoms with Crippen LogP contribution in [0, 0.1) is 5.82 Å². The molecule has 0 amide bonds. The van der Waals surface area contributed by atoms with Crippen molar-refractivity contribution in [2.75, 3.05) is 7.11 Å². The highest BCUT2D eigenvalue weighted by atomic mass is 19.1. The molecule has 3 rings (SSSR count). The lowest BCUT2D eigenvalue weighted by atomic mass is 10.0. The van der Waals surface area contributed by atoms with Crippen LogP contribution in [0.2, 0.25) is 0 Å². The summed E-state index contributed by atoms with van der Waals surface area (Å²) in [5.41, 5.74) is 2.78. The van der Waals surface area contributed by atoms with E-state index >= 15 is 0 Å². The van der Waals surface area contributed by atoms with E-state index < -0.39 is 0 Å². The van der Waals surface area contributed by atoms with Crippen LogP contribution in [-0.2, 0) is 13.1 Å². The van der Waals surface area contributed by atoms with Gasteiger partial charge in [-0.1, -0.05) is 48.5 Å². The molecule has 29 heavy (non-hydrogen) atoms. The van der Waals surface area contributed by atoms with E-state index in [-0.39, 0.29) is 22.9 Å². The fourth-order valence-electron chi connectivity index (χ4n) is 2.91. The van der Waals surface area contributed by atoms with Crippen molar-refractivity contribution in [3.63, 3.8) is 0 Å². The van der Waals surface area contributed by atoms with Gasteiger partial charge in [0.15, 0.2) is 5.78 Å². The first-order valence-corrected chi connectivity index (χ1v) is 9.19. The fraction of sp³-hybridized carbons (Fsp3) is 0.125. The summed E-state index contributed by atoms with van der Waals surface area (Å²) in [5, 5.41) is 13.6. The topological polar surface area (TPSA) is 58.6 Å². The molecule has 3 aromatic carbocycles. The van der Waals surface area contributed by atoms with Gasteiger partial charge in [-0.2, -0.15) is 0 Å². The summed E-state index contributed by atoms with van der Waals surface area (Å²) in [6, 6.07) is 18.8. The van der Waals surface area contributed by atoms with Crippen molar-refractivity contribution in [2.24, 2.45) is 0 Å². The number of carbonyl (C=O) groups excluding carboxylic acids is 1. The highest BCUT2D eigenvalue weighted by Gasteiger charge is 2.14. The molecule has 0 saturated heterocycles. The molecule has 0 aliphatic rings. The number of ether oxygens (including phenoxy) is 1. The molecule has 5 heteroatoms. The Bertz CT molecular complexity index is 999. The number of rotatable bonds is 8. The van der Waals surface area contributed by atoms with Crippen LogP contribution < -0.4 is 10.1 Å². The lowest BCUT2D eigenvalue weighted by Gasteiger charge is -2.12. The summed E-state index contributed by atoms with van der Waals surface area (Å²) >= 11 is 0. The molecule has 0 spiro atoms.